The maximum atomic E-state index is 12.0. The molecule has 2 unspecified atom stereocenters. The van der Waals surface area contributed by atoms with Crippen molar-refractivity contribution in [3.63, 3.8) is 0 Å². The molecule has 0 bridgehead atoms. The van der Waals surface area contributed by atoms with Gasteiger partial charge in [0.05, 0.1) is 24.8 Å². The summed E-state index contributed by atoms with van der Waals surface area (Å²) < 4.78 is 5.36. The molecule has 4 heteroatoms. The lowest BCUT2D eigenvalue weighted by Crippen LogP contribution is -2.40. The normalized spacial score (nSPS) is 27.5. The fraction of sp³-hybridized carbons (Fsp3) is 0.846. The summed E-state index contributed by atoms with van der Waals surface area (Å²) in [6, 6.07) is 0.134. The topological polar surface area (TPSA) is 41.9 Å². The average molecular weight is 238 g/mol. The van der Waals surface area contributed by atoms with E-state index in [1.807, 2.05) is 0 Å². The highest BCUT2D eigenvalue weighted by Crippen LogP contribution is 2.29. The number of ether oxygens (including phenoxy) is 1. The number of carbonyl (C=O) groups is 1. The van der Waals surface area contributed by atoms with Gasteiger partial charge in [-0.3, -0.25) is 4.79 Å². The highest BCUT2D eigenvalue weighted by atomic mass is 16.5. The lowest BCUT2D eigenvalue weighted by molar-refractivity contribution is -0.132. The van der Waals surface area contributed by atoms with Crippen molar-refractivity contribution < 1.29 is 9.53 Å². The highest BCUT2D eigenvalue weighted by molar-refractivity contribution is 6.06. The van der Waals surface area contributed by atoms with E-state index < -0.39 is 0 Å². The van der Waals surface area contributed by atoms with E-state index in [9.17, 15) is 4.79 Å². The molecule has 0 aliphatic carbocycles. The van der Waals surface area contributed by atoms with E-state index in [-0.39, 0.29) is 17.4 Å². The molecule has 0 saturated carbocycles. The van der Waals surface area contributed by atoms with Crippen LogP contribution < -0.4 is 0 Å². The number of rotatable bonds is 2. The zero-order valence-electron chi connectivity index (χ0n) is 11.2. The second-order valence-electron chi connectivity index (χ2n) is 6.11. The molecule has 2 heterocycles. The van der Waals surface area contributed by atoms with Gasteiger partial charge < -0.3 is 4.74 Å². The zero-order chi connectivity index (χ0) is 12.6. The fourth-order valence-corrected chi connectivity index (χ4v) is 2.16. The van der Waals surface area contributed by atoms with E-state index in [0.717, 1.165) is 25.3 Å². The van der Waals surface area contributed by atoms with Crippen LogP contribution in [0.4, 0.5) is 0 Å². The maximum absolute atomic E-state index is 12.0. The van der Waals surface area contributed by atoms with Crippen LogP contribution in [0.3, 0.4) is 0 Å². The second-order valence-corrected chi connectivity index (χ2v) is 6.11. The van der Waals surface area contributed by atoms with Gasteiger partial charge in [0, 0.05) is 12.5 Å². The minimum atomic E-state index is 0.0563. The lowest BCUT2D eigenvalue weighted by Gasteiger charge is -2.32. The molecule has 17 heavy (non-hydrogen) atoms. The third kappa shape index (κ3) is 2.51. The molecule has 1 fully saturated rings. The summed E-state index contributed by atoms with van der Waals surface area (Å²) in [5, 5.41) is 6.21. The van der Waals surface area contributed by atoms with E-state index in [4.69, 9.17) is 4.74 Å². The van der Waals surface area contributed by atoms with Gasteiger partial charge in [-0.15, -0.1) is 0 Å². The molecule has 0 spiro atoms. The first kappa shape index (κ1) is 12.6. The Kier molecular flexibility index (Phi) is 3.25. The summed E-state index contributed by atoms with van der Waals surface area (Å²) in [6.45, 7) is 10.00. The lowest BCUT2D eigenvalue weighted by atomic mass is 9.87. The quantitative estimate of drug-likeness (QED) is 0.739. The number of amides is 1. The number of hydrogen-bond donors (Lipinski definition) is 0. The van der Waals surface area contributed by atoms with E-state index in [1.54, 1.807) is 5.01 Å². The summed E-state index contributed by atoms with van der Waals surface area (Å²) in [6.07, 6.45) is 1.48. The summed E-state index contributed by atoms with van der Waals surface area (Å²) in [5.41, 5.74) is 1.07. The Balaban J connectivity index is 2.11. The Bertz CT molecular complexity index is 338. The van der Waals surface area contributed by atoms with Crippen molar-refractivity contribution in [2.75, 3.05) is 13.2 Å². The first-order valence-corrected chi connectivity index (χ1v) is 6.37. The molecule has 0 aromatic heterocycles. The molecule has 0 aromatic carbocycles. The minimum Gasteiger partial charge on any atom is -0.381 e. The minimum absolute atomic E-state index is 0.0563. The number of carbonyl (C=O) groups excluding carboxylic acids is 1. The smallest absolute Gasteiger partial charge is 0.248 e. The molecule has 0 N–H and O–H groups in total. The molecule has 2 aliphatic heterocycles. The molecule has 1 saturated heterocycles. The Labute approximate surface area is 103 Å². The first-order chi connectivity index (χ1) is 7.89. The van der Waals surface area contributed by atoms with Gasteiger partial charge in [-0.1, -0.05) is 20.8 Å². The summed E-state index contributed by atoms with van der Waals surface area (Å²) >= 11 is 0. The summed E-state index contributed by atoms with van der Waals surface area (Å²) in [5.74, 6) is 0.491. The van der Waals surface area contributed by atoms with Crippen LogP contribution in [0.5, 0.6) is 0 Å². The molecular formula is C13H22N2O2. The van der Waals surface area contributed by atoms with Crippen LogP contribution >= 0.6 is 0 Å². The SMILES string of the molecule is CC(N1N=C(C2CCOC2)CC1=O)C(C)(C)C. The predicted molar refractivity (Wildman–Crippen MR) is 66.7 cm³/mol. The van der Waals surface area contributed by atoms with Crippen molar-refractivity contribution in [3.05, 3.63) is 0 Å². The largest absolute Gasteiger partial charge is 0.381 e. The van der Waals surface area contributed by atoms with Gasteiger partial charge in [-0.05, 0) is 18.8 Å². The van der Waals surface area contributed by atoms with Crippen molar-refractivity contribution in [1.29, 1.82) is 0 Å². The predicted octanol–water partition coefficient (Wildman–Crippen LogP) is 2.05. The monoisotopic (exact) mass is 238 g/mol. The van der Waals surface area contributed by atoms with Crippen LogP contribution in [0.15, 0.2) is 5.10 Å². The van der Waals surface area contributed by atoms with Crippen LogP contribution in [0.2, 0.25) is 0 Å². The van der Waals surface area contributed by atoms with Gasteiger partial charge >= 0.3 is 0 Å². The molecule has 2 rings (SSSR count). The van der Waals surface area contributed by atoms with E-state index in [0.29, 0.717) is 12.3 Å². The van der Waals surface area contributed by atoms with Gasteiger partial charge in [0.2, 0.25) is 5.91 Å². The van der Waals surface area contributed by atoms with E-state index >= 15 is 0 Å². The van der Waals surface area contributed by atoms with Crippen molar-refractivity contribution in [3.8, 4) is 0 Å². The molecular weight excluding hydrogens is 216 g/mol. The van der Waals surface area contributed by atoms with Gasteiger partial charge in [-0.25, -0.2) is 5.01 Å². The van der Waals surface area contributed by atoms with E-state index in [2.05, 4.69) is 32.8 Å². The van der Waals surface area contributed by atoms with Gasteiger partial charge in [0.1, 0.15) is 0 Å². The maximum Gasteiger partial charge on any atom is 0.248 e. The van der Waals surface area contributed by atoms with Crippen LogP contribution in [0, 0.1) is 11.3 Å². The Hall–Kier alpha value is -0.900. The fourth-order valence-electron chi connectivity index (χ4n) is 2.16. The van der Waals surface area contributed by atoms with Crippen molar-refractivity contribution >= 4 is 11.6 Å². The third-order valence-corrected chi connectivity index (χ3v) is 3.85. The van der Waals surface area contributed by atoms with Crippen molar-refractivity contribution in [2.45, 2.75) is 46.6 Å². The van der Waals surface area contributed by atoms with Crippen molar-refractivity contribution in [1.82, 2.24) is 5.01 Å². The zero-order valence-corrected chi connectivity index (χ0v) is 11.2. The summed E-state index contributed by atoms with van der Waals surface area (Å²) in [7, 11) is 0. The standard InChI is InChI=1S/C13H22N2O2/c1-9(13(2,3)4)15-12(16)7-11(14-15)10-5-6-17-8-10/h9-10H,5-8H2,1-4H3. The molecule has 0 radical (unpaired) electrons. The van der Waals surface area contributed by atoms with Crippen LogP contribution in [0.1, 0.15) is 40.5 Å². The molecule has 2 aliphatic rings. The number of hydrazone groups is 1. The molecule has 96 valence electrons. The third-order valence-electron chi connectivity index (χ3n) is 3.85. The number of nitrogens with zero attached hydrogens (tertiary/aromatic N) is 2. The first-order valence-electron chi connectivity index (χ1n) is 6.37. The Morgan fingerprint density at radius 3 is 2.71 bits per heavy atom. The molecule has 0 aromatic rings. The Morgan fingerprint density at radius 2 is 2.18 bits per heavy atom. The molecule has 1 amide bonds. The van der Waals surface area contributed by atoms with Crippen molar-refractivity contribution in [2.24, 2.45) is 16.4 Å². The van der Waals surface area contributed by atoms with Gasteiger partial charge in [0.25, 0.3) is 0 Å². The van der Waals surface area contributed by atoms with Gasteiger partial charge in [0.15, 0.2) is 0 Å². The second kappa shape index (κ2) is 4.41. The van der Waals surface area contributed by atoms with Crippen LogP contribution in [-0.4, -0.2) is 35.9 Å². The highest BCUT2D eigenvalue weighted by Gasteiger charge is 2.37. The Morgan fingerprint density at radius 1 is 1.47 bits per heavy atom. The average Bonchev–Trinajstić information content (AvgIpc) is 2.83. The molecule has 4 nitrogen and oxygen atoms in total. The van der Waals surface area contributed by atoms with Crippen LogP contribution in [-0.2, 0) is 9.53 Å². The number of hydrogen-bond acceptors (Lipinski definition) is 3. The molecule has 2 atom stereocenters. The van der Waals surface area contributed by atoms with E-state index in [1.165, 1.54) is 0 Å². The van der Waals surface area contributed by atoms with Gasteiger partial charge in [-0.2, -0.15) is 5.10 Å². The van der Waals surface area contributed by atoms with Crippen LogP contribution in [0.25, 0.3) is 0 Å². The summed E-state index contributed by atoms with van der Waals surface area (Å²) in [4.78, 5) is 12.0.